The van der Waals surface area contributed by atoms with Gasteiger partial charge in [-0.2, -0.15) is 13.2 Å². The van der Waals surface area contributed by atoms with Crippen LogP contribution in [0.3, 0.4) is 0 Å². The number of alkyl halides is 3. The van der Waals surface area contributed by atoms with Crippen molar-refractivity contribution in [3.8, 4) is 0 Å². The van der Waals surface area contributed by atoms with Crippen LogP contribution in [0.15, 0.2) is 11.5 Å². The maximum absolute atomic E-state index is 11.7. The van der Waals surface area contributed by atoms with Crippen LogP contribution in [0.4, 0.5) is 13.2 Å². The number of aliphatic hydroxyl groups is 2. The quantitative estimate of drug-likeness (QED) is 0.631. The van der Waals surface area contributed by atoms with Crippen molar-refractivity contribution in [1.82, 2.24) is 0 Å². The van der Waals surface area contributed by atoms with Crippen molar-refractivity contribution >= 4 is 9.84 Å². The highest BCUT2D eigenvalue weighted by Gasteiger charge is 2.51. The lowest BCUT2D eigenvalue weighted by Gasteiger charge is -2.20. The molecule has 8 heteroatoms. The third-order valence-corrected chi connectivity index (χ3v) is 1.60. The van der Waals surface area contributed by atoms with Gasteiger partial charge in [0.15, 0.2) is 9.84 Å². The molecule has 0 atom stereocenters. The van der Waals surface area contributed by atoms with Crippen LogP contribution in [0.2, 0.25) is 0 Å². The average molecular weight is 220 g/mol. The van der Waals surface area contributed by atoms with Crippen molar-refractivity contribution in [1.29, 1.82) is 0 Å². The third kappa shape index (κ3) is 4.25. The fourth-order valence-electron chi connectivity index (χ4n) is 0.313. The molecule has 0 aliphatic rings. The van der Waals surface area contributed by atoms with Crippen LogP contribution in [-0.2, 0) is 9.84 Å². The largest absolute Gasteiger partial charge is 0.447 e. The third-order valence-electron chi connectivity index (χ3n) is 0.965. The Morgan fingerprint density at radius 3 is 1.85 bits per heavy atom. The fourth-order valence-corrected chi connectivity index (χ4v) is 0.750. The Bertz CT molecular complexity index is 300. The Balaban J connectivity index is 4.82. The van der Waals surface area contributed by atoms with Crippen molar-refractivity contribution in [3.05, 3.63) is 11.5 Å². The van der Waals surface area contributed by atoms with Crippen molar-refractivity contribution in [2.45, 2.75) is 12.0 Å². The lowest BCUT2D eigenvalue weighted by atomic mass is 10.3. The molecule has 0 spiro atoms. The minimum absolute atomic E-state index is 0.0699. The van der Waals surface area contributed by atoms with E-state index in [9.17, 15) is 21.6 Å². The topological polar surface area (TPSA) is 74.6 Å². The highest BCUT2D eigenvalue weighted by Crippen LogP contribution is 2.29. The van der Waals surface area contributed by atoms with E-state index >= 15 is 0 Å². The van der Waals surface area contributed by atoms with E-state index in [1.54, 1.807) is 0 Å². The summed E-state index contributed by atoms with van der Waals surface area (Å²) in [5.74, 6) is -4.12. The minimum atomic E-state index is -5.33. The first-order valence-electron chi connectivity index (χ1n) is 2.86. The summed E-state index contributed by atoms with van der Waals surface area (Å²) < 4.78 is 55.6. The van der Waals surface area contributed by atoms with Gasteiger partial charge in [0.1, 0.15) is 0 Å². The van der Waals surface area contributed by atoms with E-state index in [-0.39, 0.29) is 11.5 Å². The van der Waals surface area contributed by atoms with Gasteiger partial charge < -0.3 is 10.2 Å². The molecule has 0 unspecified atom stereocenters. The van der Waals surface area contributed by atoms with Gasteiger partial charge in [0.2, 0.25) is 0 Å². The molecule has 78 valence electrons. The maximum atomic E-state index is 11.7. The summed E-state index contributed by atoms with van der Waals surface area (Å²) in [6.07, 6.45) is -4.95. The Kier molecular flexibility index (Phi) is 3.12. The van der Waals surface area contributed by atoms with E-state index < -0.39 is 21.8 Å². The molecule has 0 radical (unpaired) electrons. The smallest absolute Gasteiger partial charge is 0.355 e. The SMILES string of the molecule is CS(=O)(=O)C=CC(O)(O)C(F)(F)F. The standard InChI is InChI=1S/C5H7F3O4S/c1-13(11,12)3-2-4(9,10)5(6,7)8/h2-3,9-10H,1H3. The van der Waals surface area contributed by atoms with Crippen molar-refractivity contribution in [3.63, 3.8) is 0 Å². The molecule has 4 nitrogen and oxygen atoms in total. The average Bonchev–Trinajstić information content (AvgIpc) is 1.79. The molecule has 0 aliphatic carbocycles. The van der Waals surface area contributed by atoms with Gasteiger partial charge in [-0.15, -0.1) is 0 Å². The Labute approximate surface area is 72.2 Å². The second kappa shape index (κ2) is 3.28. The molecular formula is C5H7F3O4S. The Morgan fingerprint density at radius 2 is 1.62 bits per heavy atom. The molecule has 0 heterocycles. The van der Waals surface area contributed by atoms with Crippen LogP contribution < -0.4 is 0 Å². The minimum Gasteiger partial charge on any atom is -0.355 e. The van der Waals surface area contributed by atoms with Crippen molar-refractivity contribution in [2.24, 2.45) is 0 Å². The Morgan fingerprint density at radius 1 is 1.23 bits per heavy atom. The molecule has 0 aliphatic heterocycles. The van der Waals surface area contributed by atoms with Crippen LogP contribution in [0.25, 0.3) is 0 Å². The van der Waals surface area contributed by atoms with E-state index in [4.69, 9.17) is 10.2 Å². The molecule has 0 aromatic carbocycles. The molecule has 13 heavy (non-hydrogen) atoms. The van der Waals surface area contributed by atoms with Gasteiger partial charge >= 0.3 is 6.18 Å². The summed E-state index contributed by atoms with van der Waals surface area (Å²) in [4.78, 5) is 0. The van der Waals surface area contributed by atoms with Gasteiger partial charge in [0, 0.05) is 11.7 Å². The van der Waals surface area contributed by atoms with Crippen LogP contribution in [0.1, 0.15) is 0 Å². The number of halogens is 3. The molecule has 0 saturated heterocycles. The van der Waals surface area contributed by atoms with Gasteiger partial charge in [-0.25, -0.2) is 8.42 Å². The summed E-state index contributed by atoms with van der Waals surface area (Å²) >= 11 is 0. The van der Waals surface area contributed by atoms with Crippen LogP contribution in [0.5, 0.6) is 0 Å². The van der Waals surface area contributed by atoms with Gasteiger partial charge in [0.05, 0.1) is 0 Å². The molecule has 0 saturated carbocycles. The zero-order valence-electron chi connectivity index (χ0n) is 6.41. The summed E-state index contributed by atoms with van der Waals surface area (Å²) in [6, 6.07) is 0. The van der Waals surface area contributed by atoms with E-state index in [1.165, 1.54) is 0 Å². The lowest BCUT2D eigenvalue weighted by Crippen LogP contribution is -2.43. The van der Waals surface area contributed by atoms with Gasteiger partial charge in [-0.1, -0.05) is 0 Å². The molecule has 0 aromatic rings. The second-order valence-corrected chi connectivity index (χ2v) is 4.29. The fraction of sp³-hybridized carbons (Fsp3) is 0.600. The predicted octanol–water partition coefficient (Wildman–Crippen LogP) is -0.212. The monoisotopic (exact) mass is 220 g/mol. The summed E-state index contributed by atoms with van der Waals surface area (Å²) in [5, 5.41) is 16.7. The summed E-state index contributed by atoms with van der Waals surface area (Å²) in [6.45, 7) is 0. The Hall–Kier alpha value is -0.600. The number of sulfone groups is 1. The first-order chi connectivity index (χ1) is 5.46. The number of rotatable bonds is 2. The van der Waals surface area contributed by atoms with Gasteiger partial charge in [0.25, 0.3) is 5.79 Å². The highest BCUT2D eigenvalue weighted by atomic mass is 32.2. The summed E-state index contributed by atoms with van der Waals surface area (Å²) in [7, 11) is -3.82. The van der Waals surface area contributed by atoms with E-state index in [0.717, 1.165) is 0 Å². The van der Waals surface area contributed by atoms with E-state index in [2.05, 4.69) is 0 Å². The normalized spacial score (nSPS) is 15.2. The molecular weight excluding hydrogens is 213 g/mol. The predicted molar refractivity (Wildman–Crippen MR) is 37.2 cm³/mol. The molecule has 2 N–H and O–H groups in total. The molecule has 0 rings (SSSR count). The van der Waals surface area contributed by atoms with Crippen LogP contribution in [-0.4, -0.2) is 36.9 Å². The number of hydrogen-bond acceptors (Lipinski definition) is 4. The molecule has 0 amide bonds. The van der Waals surface area contributed by atoms with E-state index in [0.29, 0.717) is 6.26 Å². The van der Waals surface area contributed by atoms with Crippen LogP contribution in [0, 0.1) is 0 Å². The molecule has 0 bridgehead atoms. The highest BCUT2D eigenvalue weighted by molar-refractivity contribution is 7.93. The summed E-state index contributed by atoms with van der Waals surface area (Å²) in [5.41, 5.74) is 0. The van der Waals surface area contributed by atoms with Crippen LogP contribution >= 0.6 is 0 Å². The number of hydrogen-bond donors (Lipinski definition) is 2. The molecule has 0 aromatic heterocycles. The van der Waals surface area contributed by atoms with Gasteiger partial charge in [-0.05, 0) is 6.08 Å². The van der Waals surface area contributed by atoms with Crippen molar-refractivity contribution in [2.75, 3.05) is 6.26 Å². The van der Waals surface area contributed by atoms with E-state index in [1.807, 2.05) is 0 Å². The second-order valence-electron chi connectivity index (χ2n) is 2.36. The molecule has 0 fully saturated rings. The lowest BCUT2D eigenvalue weighted by molar-refractivity contribution is -0.323. The van der Waals surface area contributed by atoms with Gasteiger partial charge in [-0.3, -0.25) is 0 Å². The zero-order chi connectivity index (χ0) is 10.9. The zero-order valence-corrected chi connectivity index (χ0v) is 7.22. The van der Waals surface area contributed by atoms with Crippen molar-refractivity contribution < 1.29 is 31.8 Å². The first kappa shape index (κ1) is 12.4. The maximum Gasteiger partial charge on any atom is 0.447 e. The first-order valence-corrected chi connectivity index (χ1v) is 4.82.